The molecule has 23 heavy (non-hydrogen) atoms. The fourth-order valence-electron chi connectivity index (χ4n) is 2.03. The molecule has 0 fully saturated rings. The molecule has 0 unspecified atom stereocenters. The molecule has 7 nitrogen and oxygen atoms in total. The molecule has 0 saturated heterocycles. The van der Waals surface area contributed by atoms with Crippen LogP contribution in [0.25, 0.3) is 5.69 Å². The van der Waals surface area contributed by atoms with Crippen LogP contribution in [0.5, 0.6) is 0 Å². The SMILES string of the molecule is Cc1c[nH]c(=O)n1-c1ccc(C(=O)OCC(=O)OC(C)C)cc1. The monoisotopic (exact) mass is 318 g/mol. The number of nitrogens with zero attached hydrogens (tertiary/aromatic N) is 1. The van der Waals surface area contributed by atoms with Crippen molar-refractivity contribution in [2.75, 3.05) is 6.61 Å². The van der Waals surface area contributed by atoms with Gasteiger partial charge in [0, 0.05) is 11.9 Å². The fourth-order valence-corrected chi connectivity index (χ4v) is 2.03. The first kappa shape index (κ1) is 16.5. The molecule has 7 heteroatoms. The lowest BCUT2D eigenvalue weighted by Crippen LogP contribution is -2.19. The molecular formula is C16H18N2O5. The molecule has 2 aromatic rings. The summed E-state index contributed by atoms with van der Waals surface area (Å²) in [5, 5.41) is 0. The Morgan fingerprint density at radius 1 is 1.22 bits per heavy atom. The first-order valence-electron chi connectivity index (χ1n) is 7.12. The smallest absolute Gasteiger partial charge is 0.344 e. The second-order valence-electron chi connectivity index (χ2n) is 5.23. The van der Waals surface area contributed by atoms with E-state index in [1.807, 2.05) is 0 Å². The van der Waals surface area contributed by atoms with Crippen LogP contribution < -0.4 is 5.69 Å². The molecule has 0 saturated carbocycles. The van der Waals surface area contributed by atoms with Gasteiger partial charge in [0.1, 0.15) is 0 Å². The molecule has 0 bridgehead atoms. The van der Waals surface area contributed by atoms with E-state index < -0.39 is 18.5 Å². The summed E-state index contributed by atoms with van der Waals surface area (Å²) in [6.07, 6.45) is 1.34. The first-order chi connectivity index (χ1) is 10.9. The number of H-pyrrole nitrogens is 1. The highest BCUT2D eigenvalue weighted by molar-refractivity contribution is 5.90. The van der Waals surface area contributed by atoms with Crippen molar-refractivity contribution in [1.82, 2.24) is 9.55 Å². The molecule has 1 heterocycles. The van der Waals surface area contributed by atoms with Gasteiger partial charge in [-0.05, 0) is 45.0 Å². The minimum absolute atomic E-state index is 0.255. The highest BCUT2D eigenvalue weighted by Crippen LogP contribution is 2.11. The molecule has 0 amide bonds. The van der Waals surface area contributed by atoms with Gasteiger partial charge < -0.3 is 14.5 Å². The summed E-state index contributed by atoms with van der Waals surface area (Å²) in [5.74, 6) is -1.23. The average Bonchev–Trinajstić information content (AvgIpc) is 2.83. The molecule has 1 aromatic carbocycles. The van der Waals surface area contributed by atoms with Gasteiger partial charge in [0.2, 0.25) is 0 Å². The Morgan fingerprint density at radius 3 is 2.39 bits per heavy atom. The third-order valence-electron chi connectivity index (χ3n) is 3.01. The van der Waals surface area contributed by atoms with Crippen molar-refractivity contribution in [1.29, 1.82) is 0 Å². The summed E-state index contributed by atoms with van der Waals surface area (Å²) < 4.78 is 11.2. The molecule has 2 rings (SSSR count). The van der Waals surface area contributed by atoms with E-state index in [2.05, 4.69) is 4.98 Å². The fraction of sp³-hybridized carbons (Fsp3) is 0.312. The van der Waals surface area contributed by atoms with Crippen molar-refractivity contribution < 1.29 is 19.1 Å². The maximum atomic E-state index is 11.9. The zero-order valence-electron chi connectivity index (χ0n) is 13.2. The van der Waals surface area contributed by atoms with Gasteiger partial charge >= 0.3 is 17.6 Å². The molecule has 0 radical (unpaired) electrons. The predicted molar refractivity (Wildman–Crippen MR) is 82.6 cm³/mol. The third kappa shape index (κ3) is 4.09. The van der Waals surface area contributed by atoms with E-state index in [1.165, 1.54) is 16.7 Å². The quantitative estimate of drug-likeness (QED) is 0.845. The molecule has 0 aliphatic rings. The zero-order chi connectivity index (χ0) is 17.0. The van der Waals surface area contributed by atoms with E-state index in [-0.39, 0.29) is 17.4 Å². The van der Waals surface area contributed by atoms with Crippen LogP contribution in [0.3, 0.4) is 0 Å². The van der Waals surface area contributed by atoms with Crippen molar-refractivity contribution in [3.05, 3.63) is 52.2 Å². The number of aromatic nitrogens is 2. The Balaban J connectivity index is 2.04. The van der Waals surface area contributed by atoms with Gasteiger partial charge in [-0.3, -0.25) is 4.57 Å². The van der Waals surface area contributed by atoms with E-state index in [4.69, 9.17) is 9.47 Å². The lowest BCUT2D eigenvalue weighted by Gasteiger charge is -2.09. The van der Waals surface area contributed by atoms with Gasteiger partial charge in [0.25, 0.3) is 0 Å². The molecular weight excluding hydrogens is 300 g/mol. The van der Waals surface area contributed by atoms with E-state index in [1.54, 1.807) is 39.1 Å². The minimum Gasteiger partial charge on any atom is -0.460 e. The number of carbonyl (C=O) groups excluding carboxylic acids is 2. The molecule has 0 spiro atoms. The summed E-state index contributed by atoms with van der Waals surface area (Å²) in [5.41, 5.74) is 1.41. The molecule has 0 atom stereocenters. The predicted octanol–water partition coefficient (Wildman–Crippen LogP) is 1.58. The van der Waals surface area contributed by atoms with Crippen molar-refractivity contribution >= 4 is 11.9 Å². The van der Waals surface area contributed by atoms with Crippen molar-refractivity contribution in [2.45, 2.75) is 26.9 Å². The maximum absolute atomic E-state index is 11.9. The van der Waals surface area contributed by atoms with E-state index in [0.29, 0.717) is 5.69 Å². The van der Waals surface area contributed by atoms with Gasteiger partial charge in [0.05, 0.1) is 17.4 Å². The standard InChI is InChI=1S/C16H18N2O5/c1-10(2)23-14(19)9-22-15(20)12-4-6-13(7-5-12)18-11(3)8-17-16(18)21/h4-8,10H,9H2,1-3H3,(H,17,21). The Bertz CT molecular complexity index is 756. The normalized spacial score (nSPS) is 10.6. The van der Waals surface area contributed by atoms with Crippen LogP contribution in [0, 0.1) is 6.92 Å². The highest BCUT2D eigenvalue weighted by atomic mass is 16.6. The zero-order valence-corrected chi connectivity index (χ0v) is 13.2. The van der Waals surface area contributed by atoms with Gasteiger partial charge in [-0.15, -0.1) is 0 Å². The largest absolute Gasteiger partial charge is 0.460 e. The number of ether oxygens (including phenoxy) is 2. The van der Waals surface area contributed by atoms with Crippen LogP contribution in [0.4, 0.5) is 0 Å². The second kappa shape index (κ2) is 6.95. The van der Waals surface area contributed by atoms with E-state index in [0.717, 1.165) is 5.69 Å². The number of hydrogen-bond acceptors (Lipinski definition) is 5. The average molecular weight is 318 g/mol. The second-order valence-corrected chi connectivity index (χ2v) is 5.23. The number of esters is 2. The third-order valence-corrected chi connectivity index (χ3v) is 3.01. The number of imidazole rings is 1. The summed E-state index contributed by atoms with van der Waals surface area (Å²) in [4.78, 5) is 37.5. The van der Waals surface area contributed by atoms with Crippen LogP contribution in [-0.2, 0) is 14.3 Å². The number of aromatic amines is 1. The topological polar surface area (TPSA) is 90.4 Å². The highest BCUT2D eigenvalue weighted by Gasteiger charge is 2.13. The minimum atomic E-state index is -0.629. The molecule has 1 N–H and O–H groups in total. The summed E-state index contributed by atoms with van der Waals surface area (Å²) in [6, 6.07) is 6.32. The molecule has 122 valence electrons. The summed E-state index contributed by atoms with van der Waals surface area (Å²) in [7, 11) is 0. The van der Waals surface area contributed by atoms with Crippen LogP contribution in [0.1, 0.15) is 29.9 Å². The molecule has 1 aromatic heterocycles. The van der Waals surface area contributed by atoms with Crippen LogP contribution >= 0.6 is 0 Å². The van der Waals surface area contributed by atoms with Gasteiger partial charge in [-0.25, -0.2) is 14.4 Å². The van der Waals surface area contributed by atoms with Gasteiger partial charge in [0.15, 0.2) is 6.61 Å². The molecule has 0 aliphatic carbocycles. The summed E-state index contributed by atoms with van der Waals surface area (Å²) >= 11 is 0. The molecule has 0 aliphatic heterocycles. The Kier molecular flexibility index (Phi) is 5.00. The van der Waals surface area contributed by atoms with E-state index in [9.17, 15) is 14.4 Å². The van der Waals surface area contributed by atoms with Crippen molar-refractivity contribution in [3.63, 3.8) is 0 Å². The summed E-state index contributed by atoms with van der Waals surface area (Å²) in [6.45, 7) is 4.78. The Hall–Kier alpha value is -2.83. The number of benzene rings is 1. The van der Waals surface area contributed by atoms with Crippen molar-refractivity contribution in [3.8, 4) is 5.69 Å². The number of nitrogens with one attached hydrogen (secondary N) is 1. The van der Waals surface area contributed by atoms with E-state index >= 15 is 0 Å². The Morgan fingerprint density at radius 2 is 1.87 bits per heavy atom. The van der Waals surface area contributed by atoms with Gasteiger partial charge in [-0.2, -0.15) is 0 Å². The number of rotatable bonds is 5. The number of carbonyl (C=O) groups is 2. The van der Waals surface area contributed by atoms with Crippen molar-refractivity contribution in [2.24, 2.45) is 0 Å². The maximum Gasteiger partial charge on any atom is 0.344 e. The van der Waals surface area contributed by atoms with Crippen LogP contribution in [-0.4, -0.2) is 34.2 Å². The lowest BCUT2D eigenvalue weighted by molar-refractivity contribution is -0.150. The van der Waals surface area contributed by atoms with Gasteiger partial charge in [-0.1, -0.05) is 0 Å². The lowest BCUT2D eigenvalue weighted by atomic mass is 10.2. The number of aryl methyl sites for hydroxylation is 1. The van der Waals surface area contributed by atoms with Crippen LogP contribution in [0.15, 0.2) is 35.3 Å². The van der Waals surface area contributed by atoms with Crippen LogP contribution in [0.2, 0.25) is 0 Å². The number of hydrogen-bond donors (Lipinski definition) is 1. The Labute approximate surface area is 132 Å². The first-order valence-corrected chi connectivity index (χ1v) is 7.12.